The van der Waals surface area contributed by atoms with Crippen LogP contribution < -0.4 is 5.32 Å². The van der Waals surface area contributed by atoms with Crippen LogP contribution in [-0.4, -0.2) is 65.7 Å². The summed E-state index contributed by atoms with van der Waals surface area (Å²) in [6.07, 6.45) is -0.141. The first-order chi connectivity index (χ1) is 14.1. The summed E-state index contributed by atoms with van der Waals surface area (Å²) in [5.41, 5.74) is -0.780. The Morgan fingerprint density at radius 2 is 1.39 bits per heavy atom. The molecule has 10 nitrogen and oxygen atoms in total. The van der Waals surface area contributed by atoms with E-state index >= 15 is 0 Å². The first-order valence-corrected chi connectivity index (χ1v) is 9.55. The molecule has 0 saturated carbocycles. The molecule has 0 bridgehead atoms. The first-order valence-electron chi connectivity index (χ1n) is 9.55. The van der Waals surface area contributed by atoms with Crippen LogP contribution in [0.25, 0.3) is 0 Å². The predicted molar refractivity (Wildman–Crippen MR) is 107 cm³/mol. The molecule has 3 N–H and O–H groups in total. The van der Waals surface area contributed by atoms with Crippen molar-refractivity contribution in [3.63, 3.8) is 0 Å². The Morgan fingerprint density at radius 1 is 0.968 bits per heavy atom. The molecule has 184 valence electrons. The van der Waals surface area contributed by atoms with Crippen LogP contribution in [0, 0.1) is 0 Å². The van der Waals surface area contributed by atoms with E-state index in [4.69, 9.17) is 14.9 Å². The number of aliphatic carboxylic acids is 2. The van der Waals surface area contributed by atoms with Gasteiger partial charge in [0.1, 0.15) is 5.60 Å². The molecule has 0 aromatic heterocycles. The molecule has 0 saturated heterocycles. The Morgan fingerprint density at radius 3 is 1.61 bits per heavy atom. The molecule has 0 aromatic carbocycles. The van der Waals surface area contributed by atoms with Crippen molar-refractivity contribution in [2.24, 2.45) is 0 Å². The minimum Gasteiger partial charge on any atom is -0.481 e. The van der Waals surface area contributed by atoms with Gasteiger partial charge in [0.2, 0.25) is 0 Å². The molecule has 0 spiro atoms. The van der Waals surface area contributed by atoms with E-state index in [9.17, 15) is 28.0 Å². The van der Waals surface area contributed by atoms with Crippen molar-refractivity contribution in [2.45, 2.75) is 91.6 Å². The van der Waals surface area contributed by atoms with Gasteiger partial charge < -0.3 is 29.7 Å². The molecule has 31 heavy (non-hydrogen) atoms. The number of hydrogen-bond donors (Lipinski definition) is 3. The fourth-order valence-corrected chi connectivity index (χ4v) is 1.60. The van der Waals surface area contributed by atoms with E-state index in [1.165, 1.54) is 6.92 Å². The van der Waals surface area contributed by atoms with Gasteiger partial charge in [0.25, 0.3) is 0 Å². The zero-order valence-corrected chi connectivity index (χ0v) is 19.1. The third kappa shape index (κ3) is 25.5. The van der Waals surface area contributed by atoms with Gasteiger partial charge in [0.15, 0.2) is 6.04 Å². The van der Waals surface area contributed by atoms with Crippen molar-refractivity contribution < 1.29 is 52.4 Å². The van der Waals surface area contributed by atoms with Crippen molar-refractivity contribution in [3.05, 3.63) is 0 Å². The largest absolute Gasteiger partial charge is 0.481 e. The molecule has 0 rings (SSSR count). The highest BCUT2D eigenvalue weighted by atomic mass is 19.3. The van der Waals surface area contributed by atoms with Gasteiger partial charge in [-0.05, 0) is 40.5 Å². The summed E-state index contributed by atoms with van der Waals surface area (Å²) in [5.74, 6) is -2.32. The lowest BCUT2D eigenvalue weighted by molar-refractivity contribution is -0.175. The maximum absolute atomic E-state index is 12.1. The number of ether oxygens (including phenoxy) is 3. The van der Waals surface area contributed by atoms with Gasteiger partial charge in [-0.15, -0.1) is 0 Å². The third-order valence-electron chi connectivity index (χ3n) is 2.84. The second-order valence-corrected chi connectivity index (χ2v) is 7.04. The van der Waals surface area contributed by atoms with Gasteiger partial charge in [-0.2, -0.15) is 8.78 Å². The van der Waals surface area contributed by atoms with Crippen molar-refractivity contribution in [1.29, 1.82) is 0 Å². The van der Waals surface area contributed by atoms with Crippen molar-refractivity contribution >= 4 is 24.0 Å². The Bertz CT molecular complexity index is 521. The molecule has 1 amide bonds. The Labute approximate surface area is 181 Å². The van der Waals surface area contributed by atoms with Crippen LogP contribution in [0.3, 0.4) is 0 Å². The zero-order chi connectivity index (χ0) is 25.2. The quantitative estimate of drug-likeness (QED) is 0.441. The molecular weight excluding hydrogens is 424 g/mol. The molecule has 0 aliphatic rings. The van der Waals surface area contributed by atoms with Crippen molar-refractivity contribution in [2.75, 3.05) is 7.11 Å². The number of alkyl halides is 2. The number of carbonyl (C=O) groups excluding carboxylic acids is 2. The van der Waals surface area contributed by atoms with Gasteiger partial charge >= 0.3 is 30.6 Å². The van der Waals surface area contributed by atoms with Gasteiger partial charge in [-0.25, -0.2) is 9.59 Å². The zero-order valence-electron chi connectivity index (χ0n) is 19.1. The maximum Gasteiger partial charge on any atom is 0.408 e. The minimum atomic E-state index is -3.07. The van der Waals surface area contributed by atoms with Crippen LogP contribution in [0.1, 0.15) is 67.2 Å². The number of methoxy groups -OCH3 is 1. The fraction of sp³-hybridized carbons (Fsp3) is 0.789. The number of alkyl carbamates (subject to hydrolysis) is 1. The van der Waals surface area contributed by atoms with Crippen LogP contribution in [0.5, 0.6) is 0 Å². The minimum absolute atomic E-state index is 0.292. The molecule has 0 aliphatic heterocycles. The number of halogens is 2. The average molecular weight is 459 g/mol. The van der Waals surface area contributed by atoms with Crippen LogP contribution in [0.4, 0.5) is 13.6 Å². The molecule has 2 atom stereocenters. The number of hydrogen-bond acceptors (Lipinski definition) is 7. The average Bonchev–Trinajstić information content (AvgIpc) is 2.57. The Balaban J connectivity index is -0.000000532. The molecule has 0 aliphatic carbocycles. The third-order valence-corrected chi connectivity index (χ3v) is 2.84. The van der Waals surface area contributed by atoms with Gasteiger partial charge in [-0.3, -0.25) is 9.59 Å². The van der Waals surface area contributed by atoms with Gasteiger partial charge in [0.05, 0.1) is 13.2 Å². The second kappa shape index (κ2) is 18.3. The normalized spacial score (nSPS) is 12.2. The van der Waals surface area contributed by atoms with E-state index in [0.717, 1.165) is 20.0 Å². The highest BCUT2D eigenvalue weighted by Gasteiger charge is 2.32. The summed E-state index contributed by atoms with van der Waals surface area (Å²) >= 11 is 0. The number of carboxylic acid groups (broad SMARTS) is 2. The SMILES string of the molecule is CCCC(=O)O.CCCC(=O)O.COC(=O)C(NC(=O)OC(C)(C)C)C(C)OC(F)F. The van der Waals surface area contributed by atoms with Crippen LogP contribution >= 0.6 is 0 Å². The van der Waals surface area contributed by atoms with Gasteiger partial charge in [-0.1, -0.05) is 13.8 Å². The summed E-state index contributed by atoms with van der Waals surface area (Å²) in [6.45, 7) is 6.70. The number of carboxylic acids is 2. The topological polar surface area (TPSA) is 148 Å². The lowest BCUT2D eigenvalue weighted by Gasteiger charge is -2.25. The van der Waals surface area contributed by atoms with Crippen LogP contribution in [0.2, 0.25) is 0 Å². The summed E-state index contributed by atoms with van der Waals surface area (Å²) < 4.78 is 37.7. The predicted octanol–water partition coefficient (Wildman–Crippen LogP) is 3.42. The van der Waals surface area contributed by atoms with Crippen LogP contribution in [0.15, 0.2) is 0 Å². The standard InChI is InChI=1S/C11H19F2NO5.2C4H8O2/c1-6(18-9(12)13)7(8(15)17-5)14-10(16)19-11(2,3)4;2*1-2-3-4(5)6/h6-7,9H,1-5H3,(H,14,16);2*2-3H2,1H3,(H,5,6). The van der Waals surface area contributed by atoms with Gasteiger partial charge in [0, 0.05) is 12.8 Å². The summed E-state index contributed by atoms with van der Waals surface area (Å²) in [4.78, 5) is 42.1. The number of carbonyl (C=O) groups is 4. The van der Waals surface area contributed by atoms with E-state index in [2.05, 4.69) is 14.8 Å². The lowest BCUT2D eigenvalue weighted by Crippen LogP contribution is -2.50. The first kappa shape index (κ1) is 33.1. The highest BCUT2D eigenvalue weighted by molar-refractivity contribution is 5.82. The molecule has 0 radical (unpaired) electrons. The van der Waals surface area contributed by atoms with E-state index in [0.29, 0.717) is 12.8 Å². The Hall–Kier alpha value is -2.50. The smallest absolute Gasteiger partial charge is 0.408 e. The fourth-order valence-electron chi connectivity index (χ4n) is 1.60. The van der Waals surface area contributed by atoms with E-state index in [-0.39, 0.29) is 0 Å². The highest BCUT2D eigenvalue weighted by Crippen LogP contribution is 2.10. The number of rotatable bonds is 9. The van der Waals surface area contributed by atoms with E-state index in [1.807, 2.05) is 13.8 Å². The number of amides is 1. The molecule has 0 fully saturated rings. The monoisotopic (exact) mass is 459 g/mol. The number of esters is 1. The maximum atomic E-state index is 12.1. The summed E-state index contributed by atoms with van der Waals surface area (Å²) in [7, 11) is 1.07. The van der Waals surface area contributed by atoms with Crippen molar-refractivity contribution in [1.82, 2.24) is 5.32 Å². The van der Waals surface area contributed by atoms with E-state index in [1.54, 1.807) is 20.8 Å². The molecule has 0 heterocycles. The molecule has 0 aromatic rings. The Kier molecular flexibility index (Phi) is 19.5. The molecule has 12 heteroatoms. The lowest BCUT2D eigenvalue weighted by atomic mass is 10.2. The number of nitrogens with one attached hydrogen (secondary N) is 1. The summed E-state index contributed by atoms with van der Waals surface area (Å²) in [6, 6.07) is -1.38. The second-order valence-electron chi connectivity index (χ2n) is 7.04. The molecule has 2 unspecified atom stereocenters. The summed E-state index contributed by atoms with van der Waals surface area (Å²) in [5, 5.41) is 18.0. The van der Waals surface area contributed by atoms with E-state index < -0.39 is 48.4 Å². The van der Waals surface area contributed by atoms with Crippen LogP contribution in [-0.2, 0) is 28.6 Å². The van der Waals surface area contributed by atoms with Crippen molar-refractivity contribution in [3.8, 4) is 0 Å². The molecular formula is C19H35F2NO9.